The summed E-state index contributed by atoms with van der Waals surface area (Å²) in [6.45, 7) is 2.94. The molecule has 0 radical (unpaired) electrons. The predicted octanol–water partition coefficient (Wildman–Crippen LogP) is 1.41. The van der Waals surface area contributed by atoms with Crippen LogP contribution in [0.4, 0.5) is 5.13 Å². The first-order valence-electron chi connectivity index (χ1n) is 4.09. The van der Waals surface area contributed by atoms with Crippen LogP contribution in [0.1, 0.15) is 11.3 Å². The van der Waals surface area contributed by atoms with Crippen LogP contribution in [-0.2, 0) is 15.5 Å². The molecule has 2 N–H and O–H groups in total. The molecule has 1 aromatic heterocycles. The summed E-state index contributed by atoms with van der Waals surface area (Å²) in [6, 6.07) is 0. The molecule has 0 spiro atoms. The van der Waals surface area contributed by atoms with E-state index in [1.165, 1.54) is 0 Å². The first kappa shape index (κ1) is 11.6. The second-order valence-electron chi connectivity index (χ2n) is 2.60. The van der Waals surface area contributed by atoms with Crippen LogP contribution in [0.25, 0.3) is 0 Å². The predicted molar refractivity (Wildman–Crippen MR) is 56.7 cm³/mol. The number of rotatable bonds is 6. The number of nitrogens with zero attached hydrogens (tertiary/aromatic N) is 1. The third-order valence-electron chi connectivity index (χ3n) is 1.40. The Hall–Kier alpha value is -0.500. The van der Waals surface area contributed by atoms with Crippen LogP contribution >= 0.6 is 11.3 Å². The van der Waals surface area contributed by atoms with Gasteiger partial charge in [0, 0.05) is 17.6 Å². The van der Waals surface area contributed by atoms with Gasteiger partial charge in [0.05, 0.1) is 6.61 Å². The van der Waals surface area contributed by atoms with Crippen LogP contribution in [0, 0.1) is 6.92 Å². The van der Waals surface area contributed by atoms with Gasteiger partial charge in [-0.2, -0.15) is 4.21 Å². The normalized spacial score (nSPS) is 12.7. The minimum absolute atomic E-state index is 0.264. The maximum Gasteiger partial charge on any atom is 0.301 e. The van der Waals surface area contributed by atoms with Gasteiger partial charge in [0.25, 0.3) is 0 Å². The molecule has 0 bridgehead atoms. The number of nitrogens with one attached hydrogen (secondary N) is 1. The molecule has 5 nitrogen and oxygen atoms in total. The van der Waals surface area contributed by atoms with Gasteiger partial charge in [0.1, 0.15) is 0 Å². The molecule has 7 heteroatoms. The highest BCUT2D eigenvalue weighted by Crippen LogP contribution is 2.15. The lowest BCUT2D eigenvalue weighted by molar-refractivity contribution is 0.305. The van der Waals surface area contributed by atoms with Crippen molar-refractivity contribution in [3.63, 3.8) is 0 Å². The Kier molecular flexibility index (Phi) is 5.02. The van der Waals surface area contributed by atoms with Crippen LogP contribution in [0.5, 0.6) is 0 Å². The quantitative estimate of drug-likeness (QED) is 0.577. The van der Waals surface area contributed by atoms with Gasteiger partial charge in [0.15, 0.2) is 5.13 Å². The van der Waals surface area contributed by atoms with E-state index in [1.807, 2.05) is 6.92 Å². The van der Waals surface area contributed by atoms with E-state index in [0.29, 0.717) is 13.0 Å². The summed E-state index contributed by atoms with van der Waals surface area (Å²) in [4.78, 5) is 5.26. The molecular weight excluding hydrogens is 224 g/mol. The number of aryl methyl sites for hydroxylation is 1. The number of thiazole rings is 1. The highest BCUT2D eigenvalue weighted by molar-refractivity contribution is 7.74. The van der Waals surface area contributed by atoms with Crippen LogP contribution < -0.4 is 5.32 Å². The highest BCUT2D eigenvalue weighted by Gasteiger charge is 1.97. The third kappa shape index (κ3) is 4.66. The number of aromatic nitrogens is 1. The fourth-order valence-corrected chi connectivity index (χ4v) is 1.78. The molecule has 1 unspecified atom stereocenters. The summed E-state index contributed by atoms with van der Waals surface area (Å²) in [5.41, 5.74) is 0. The lowest BCUT2D eigenvalue weighted by atomic mass is 10.5. The van der Waals surface area contributed by atoms with Gasteiger partial charge in [-0.1, -0.05) is 0 Å². The average Bonchev–Trinajstić information content (AvgIpc) is 2.50. The molecule has 0 saturated heterocycles. The smallest absolute Gasteiger partial charge is 0.301 e. The van der Waals surface area contributed by atoms with E-state index in [2.05, 4.69) is 14.5 Å². The fourth-order valence-electron chi connectivity index (χ4n) is 0.834. The monoisotopic (exact) mass is 236 g/mol. The Labute approximate surface area is 89.0 Å². The second-order valence-corrected chi connectivity index (χ2v) is 4.50. The molecule has 0 aliphatic heterocycles. The molecule has 80 valence electrons. The Morgan fingerprint density at radius 3 is 3.14 bits per heavy atom. The number of hydrogen-bond acceptors (Lipinski definition) is 5. The van der Waals surface area contributed by atoms with Gasteiger partial charge in [-0.15, -0.1) is 11.3 Å². The van der Waals surface area contributed by atoms with Crippen molar-refractivity contribution in [2.24, 2.45) is 0 Å². The fraction of sp³-hybridized carbons (Fsp3) is 0.571. The molecule has 0 fully saturated rings. The lowest BCUT2D eigenvalue weighted by Crippen LogP contribution is -2.06. The Morgan fingerprint density at radius 2 is 2.57 bits per heavy atom. The molecule has 0 aromatic carbocycles. The summed E-state index contributed by atoms with van der Waals surface area (Å²) in [5, 5.41) is 3.95. The van der Waals surface area contributed by atoms with Crippen molar-refractivity contribution in [3.8, 4) is 0 Å². The van der Waals surface area contributed by atoms with Crippen molar-refractivity contribution in [1.82, 2.24) is 4.98 Å². The molecule has 1 heterocycles. The van der Waals surface area contributed by atoms with Gasteiger partial charge in [0.2, 0.25) is 0 Å². The summed E-state index contributed by atoms with van der Waals surface area (Å²) in [5.74, 6) is 0. The Bertz CT molecular complexity index is 303. The van der Waals surface area contributed by atoms with Crippen molar-refractivity contribution in [2.75, 3.05) is 18.5 Å². The van der Waals surface area contributed by atoms with E-state index in [0.717, 1.165) is 10.0 Å². The molecule has 0 saturated carbocycles. The standard InChI is InChI=1S/C7H12N2O3S2/c1-6-5-9-7(13-6)8-3-2-4-12-14(10)11/h5H,2-4H2,1H3,(H,8,9)(H,10,11). The van der Waals surface area contributed by atoms with Crippen molar-refractivity contribution in [3.05, 3.63) is 11.1 Å². The first-order valence-corrected chi connectivity index (χ1v) is 5.94. The molecule has 0 amide bonds. The SMILES string of the molecule is Cc1cnc(NCCCOS(=O)O)s1. The van der Waals surface area contributed by atoms with Crippen molar-refractivity contribution >= 4 is 27.8 Å². The van der Waals surface area contributed by atoms with E-state index < -0.39 is 11.4 Å². The van der Waals surface area contributed by atoms with Gasteiger partial charge in [-0.05, 0) is 13.3 Å². The van der Waals surface area contributed by atoms with E-state index >= 15 is 0 Å². The van der Waals surface area contributed by atoms with Gasteiger partial charge in [-0.3, -0.25) is 8.74 Å². The van der Waals surface area contributed by atoms with Gasteiger partial charge >= 0.3 is 11.4 Å². The molecule has 1 rings (SSSR count). The van der Waals surface area contributed by atoms with E-state index in [9.17, 15) is 4.21 Å². The highest BCUT2D eigenvalue weighted by atomic mass is 32.2. The van der Waals surface area contributed by atoms with Crippen LogP contribution in [-0.4, -0.2) is 26.9 Å². The maximum absolute atomic E-state index is 10.1. The minimum Gasteiger partial charge on any atom is -0.361 e. The van der Waals surface area contributed by atoms with Crippen LogP contribution in [0.15, 0.2) is 6.20 Å². The first-order chi connectivity index (χ1) is 6.68. The minimum atomic E-state index is -2.15. The molecular formula is C7H12N2O3S2. The molecule has 0 aliphatic rings. The number of hydrogen-bond donors (Lipinski definition) is 2. The van der Waals surface area contributed by atoms with Gasteiger partial charge < -0.3 is 5.32 Å². The largest absolute Gasteiger partial charge is 0.361 e. The van der Waals surface area contributed by atoms with Crippen molar-refractivity contribution in [1.29, 1.82) is 0 Å². The summed E-state index contributed by atoms with van der Waals surface area (Å²) >= 11 is -0.571. The third-order valence-corrected chi connectivity index (χ3v) is 2.64. The average molecular weight is 236 g/mol. The summed E-state index contributed by atoms with van der Waals surface area (Å²) < 4.78 is 22.8. The topological polar surface area (TPSA) is 71.5 Å². The summed E-state index contributed by atoms with van der Waals surface area (Å²) in [6.07, 6.45) is 2.47. The maximum atomic E-state index is 10.1. The zero-order valence-electron chi connectivity index (χ0n) is 7.73. The molecule has 14 heavy (non-hydrogen) atoms. The van der Waals surface area contributed by atoms with Crippen molar-refractivity contribution in [2.45, 2.75) is 13.3 Å². The lowest BCUT2D eigenvalue weighted by Gasteiger charge is -2.00. The van der Waals surface area contributed by atoms with E-state index in [4.69, 9.17) is 4.55 Å². The molecule has 1 atom stereocenters. The zero-order chi connectivity index (χ0) is 10.4. The van der Waals surface area contributed by atoms with Crippen LogP contribution in [0.3, 0.4) is 0 Å². The van der Waals surface area contributed by atoms with E-state index in [-0.39, 0.29) is 6.61 Å². The van der Waals surface area contributed by atoms with E-state index in [1.54, 1.807) is 17.5 Å². The molecule has 0 aliphatic carbocycles. The number of anilines is 1. The Balaban J connectivity index is 2.07. The van der Waals surface area contributed by atoms with Crippen molar-refractivity contribution < 1.29 is 12.9 Å². The molecule has 1 aromatic rings. The summed E-state index contributed by atoms with van der Waals surface area (Å²) in [7, 11) is 0. The zero-order valence-corrected chi connectivity index (χ0v) is 9.36. The van der Waals surface area contributed by atoms with Crippen LogP contribution in [0.2, 0.25) is 0 Å². The van der Waals surface area contributed by atoms with Gasteiger partial charge in [-0.25, -0.2) is 4.98 Å². The second kappa shape index (κ2) is 6.07. The Morgan fingerprint density at radius 1 is 1.79 bits per heavy atom.